The third kappa shape index (κ3) is 2.51. The number of allylic oxidation sites excluding steroid dienone is 4. The molecule has 0 aromatic rings. The van der Waals surface area contributed by atoms with Gasteiger partial charge in [-0.15, -0.1) is 0 Å². The van der Waals surface area contributed by atoms with Crippen molar-refractivity contribution in [3.63, 3.8) is 0 Å². The number of carbonyl (C=O) groups excluding carboxylic acids is 4. The second-order valence-corrected chi connectivity index (χ2v) is 9.27. The first-order chi connectivity index (χ1) is 13.2. The van der Waals surface area contributed by atoms with Crippen molar-refractivity contribution >= 4 is 23.8 Å². The van der Waals surface area contributed by atoms with E-state index < -0.39 is 17.0 Å². The maximum absolute atomic E-state index is 12.7. The summed E-state index contributed by atoms with van der Waals surface area (Å²) in [6.07, 6.45) is 8.99. The van der Waals surface area contributed by atoms with Crippen LogP contribution in [0.4, 0.5) is 0 Å². The fourth-order valence-corrected chi connectivity index (χ4v) is 6.96. The lowest BCUT2D eigenvalue weighted by molar-refractivity contribution is -0.184. The molecule has 4 aliphatic rings. The van der Waals surface area contributed by atoms with Gasteiger partial charge in [0, 0.05) is 24.3 Å². The molecule has 2 saturated carbocycles. The average Bonchev–Trinajstić information content (AvgIpc) is 2.94. The number of ether oxygens (including phenoxy) is 1. The van der Waals surface area contributed by atoms with Crippen molar-refractivity contribution < 1.29 is 23.9 Å². The lowest BCUT2D eigenvalue weighted by atomic mass is 9.51. The molecule has 5 heteroatoms. The molecular formula is C23H28O5. The monoisotopic (exact) mass is 384 g/mol. The smallest absolute Gasteiger partial charge is 0.303 e. The van der Waals surface area contributed by atoms with E-state index >= 15 is 0 Å². The van der Waals surface area contributed by atoms with E-state index in [1.54, 1.807) is 6.08 Å². The Kier molecular flexibility index (Phi) is 4.48. The van der Waals surface area contributed by atoms with Crippen LogP contribution in [0.1, 0.15) is 59.3 Å². The zero-order chi connectivity index (χ0) is 20.3. The summed E-state index contributed by atoms with van der Waals surface area (Å²) in [5, 5.41) is 0. The molecule has 0 bridgehead atoms. The number of fused-ring (bicyclic) bond motifs is 5. The zero-order valence-corrected chi connectivity index (χ0v) is 16.8. The molecule has 150 valence electrons. The van der Waals surface area contributed by atoms with Gasteiger partial charge in [-0.2, -0.15) is 0 Å². The number of aldehydes is 1. The minimum Gasteiger partial charge on any atom is -0.451 e. The van der Waals surface area contributed by atoms with Crippen molar-refractivity contribution in [1.82, 2.24) is 0 Å². The molecule has 0 unspecified atom stereocenters. The van der Waals surface area contributed by atoms with Crippen molar-refractivity contribution in [1.29, 1.82) is 0 Å². The minimum absolute atomic E-state index is 0.0783. The molecule has 0 aliphatic heterocycles. The molecule has 0 aromatic heterocycles. The number of esters is 1. The lowest BCUT2D eigenvalue weighted by Crippen LogP contribution is -2.57. The van der Waals surface area contributed by atoms with Crippen LogP contribution in [-0.4, -0.2) is 29.4 Å². The second kappa shape index (κ2) is 6.50. The highest BCUT2D eigenvalue weighted by Gasteiger charge is 2.66. The van der Waals surface area contributed by atoms with Crippen LogP contribution in [0.3, 0.4) is 0 Å². The van der Waals surface area contributed by atoms with Crippen molar-refractivity contribution in [2.75, 3.05) is 0 Å². The zero-order valence-electron chi connectivity index (χ0n) is 16.8. The highest BCUT2D eigenvalue weighted by atomic mass is 16.6. The molecular weight excluding hydrogens is 356 g/mol. The Labute approximate surface area is 165 Å². The quantitative estimate of drug-likeness (QED) is 0.551. The first-order valence-corrected chi connectivity index (χ1v) is 10.4. The Bertz CT molecular complexity index is 821. The molecule has 0 heterocycles. The molecule has 28 heavy (non-hydrogen) atoms. The summed E-state index contributed by atoms with van der Waals surface area (Å²) >= 11 is 0. The van der Waals surface area contributed by atoms with E-state index in [-0.39, 0.29) is 29.3 Å². The summed E-state index contributed by atoms with van der Waals surface area (Å²) in [5.41, 5.74) is 0.0488. The van der Waals surface area contributed by atoms with E-state index in [4.69, 9.17) is 4.74 Å². The summed E-state index contributed by atoms with van der Waals surface area (Å²) in [6.45, 7) is 4.99. The highest BCUT2D eigenvalue weighted by molar-refractivity contribution is 5.95. The van der Waals surface area contributed by atoms with Gasteiger partial charge in [-0.05, 0) is 74.3 Å². The second-order valence-electron chi connectivity index (χ2n) is 9.27. The Morgan fingerprint density at radius 3 is 2.57 bits per heavy atom. The number of rotatable bonds is 3. The van der Waals surface area contributed by atoms with Gasteiger partial charge in [0.2, 0.25) is 0 Å². The molecule has 0 spiro atoms. The summed E-state index contributed by atoms with van der Waals surface area (Å²) in [7, 11) is 0. The third-order valence-electron chi connectivity index (χ3n) is 8.16. The third-order valence-corrected chi connectivity index (χ3v) is 8.16. The van der Waals surface area contributed by atoms with Gasteiger partial charge in [-0.3, -0.25) is 19.2 Å². The van der Waals surface area contributed by atoms with Gasteiger partial charge in [0.25, 0.3) is 0 Å². The Morgan fingerprint density at radius 1 is 1.18 bits per heavy atom. The van der Waals surface area contributed by atoms with Crippen LogP contribution in [0.15, 0.2) is 23.3 Å². The predicted molar refractivity (Wildman–Crippen MR) is 102 cm³/mol. The van der Waals surface area contributed by atoms with Crippen LogP contribution in [0, 0.1) is 29.1 Å². The van der Waals surface area contributed by atoms with Gasteiger partial charge in [-0.25, -0.2) is 0 Å². The molecule has 2 fully saturated rings. The largest absolute Gasteiger partial charge is 0.451 e. The van der Waals surface area contributed by atoms with Gasteiger partial charge in [0.1, 0.15) is 6.29 Å². The van der Waals surface area contributed by atoms with Gasteiger partial charge in [-0.1, -0.05) is 13.0 Å². The van der Waals surface area contributed by atoms with Gasteiger partial charge >= 0.3 is 5.97 Å². The van der Waals surface area contributed by atoms with E-state index in [9.17, 15) is 19.2 Å². The van der Waals surface area contributed by atoms with Crippen molar-refractivity contribution in [3.05, 3.63) is 23.3 Å². The molecule has 0 radical (unpaired) electrons. The number of carbonyl (C=O) groups is 4. The van der Waals surface area contributed by atoms with E-state index in [2.05, 4.69) is 6.92 Å². The molecule has 0 N–H and O–H groups in total. The Balaban J connectivity index is 1.78. The first-order valence-electron chi connectivity index (χ1n) is 10.4. The Morgan fingerprint density at radius 2 is 1.93 bits per heavy atom. The van der Waals surface area contributed by atoms with Crippen LogP contribution in [0.5, 0.6) is 0 Å². The van der Waals surface area contributed by atoms with Crippen molar-refractivity contribution in [2.24, 2.45) is 29.1 Å². The van der Waals surface area contributed by atoms with E-state index in [0.717, 1.165) is 37.5 Å². The van der Waals surface area contributed by atoms with Crippen LogP contribution >= 0.6 is 0 Å². The fourth-order valence-electron chi connectivity index (χ4n) is 6.96. The summed E-state index contributed by atoms with van der Waals surface area (Å²) in [4.78, 5) is 48.3. The Hall–Kier alpha value is -2.04. The molecule has 0 amide bonds. The molecule has 0 saturated heterocycles. The standard InChI is InChI=1S/C23H28O5/c1-13(25)23(28-14(2)26)9-7-21-20-10-15(12-24)19-11-16(27)4-5-17(19)18(20)6-8-22(21,23)3/h10-12,17-18,20-21H,4-9H2,1-3H3/t17-,18-,20-,21+,22+,23+/m1/s1. The molecule has 6 atom stereocenters. The first kappa shape index (κ1) is 19.3. The topological polar surface area (TPSA) is 77.5 Å². The van der Waals surface area contributed by atoms with Crippen LogP contribution in [0.2, 0.25) is 0 Å². The normalized spacial score (nSPS) is 41.8. The number of hydrogen-bond acceptors (Lipinski definition) is 5. The number of Topliss-reactive ketones (excluding diaryl/α,β-unsaturated/α-hetero) is 1. The van der Waals surface area contributed by atoms with Crippen molar-refractivity contribution in [2.45, 2.75) is 64.9 Å². The van der Waals surface area contributed by atoms with Gasteiger partial charge in [0.05, 0.1) is 0 Å². The SMILES string of the molecule is CC(=O)O[C@]1(C(C)=O)CC[C@H]2[C@@H]3C=C(C=O)C4=CC(=O)CC[C@@H]4[C@H]3CC[C@@]21C. The molecule has 5 nitrogen and oxygen atoms in total. The van der Waals surface area contributed by atoms with Crippen LogP contribution < -0.4 is 0 Å². The molecule has 4 rings (SSSR count). The summed E-state index contributed by atoms with van der Waals surface area (Å²) in [5.74, 6) is 0.576. The average molecular weight is 384 g/mol. The van der Waals surface area contributed by atoms with E-state index in [0.29, 0.717) is 24.3 Å². The van der Waals surface area contributed by atoms with Crippen LogP contribution in [-0.2, 0) is 23.9 Å². The summed E-state index contributed by atoms with van der Waals surface area (Å²) < 4.78 is 5.75. The molecule has 0 aromatic carbocycles. The number of ketones is 2. The fraction of sp³-hybridized carbons (Fsp3) is 0.652. The van der Waals surface area contributed by atoms with Gasteiger partial charge in [0.15, 0.2) is 17.2 Å². The highest BCUT2D eigenvalue weighted by Crippen LogP contribution is 2.65. The maximum Gasteiger partial charge on any atom is 0.303 e. The minimum atomic E-state index is -1.07. The van der Waals surface area contributed by atoms with Crippen LogP contribution in [0.25, 0.3) is 0 Å². The lowest BCUT2D eigenvalue weighted by Gasteiger charge is -2.54. The van der Waals surface area contributed by atoms with E-state index in [1.807, 2.05) is 6.08 Å². The summed E-state index contributed by atoms with van der Waals surface area (Å²) in [6, 6.07) is 0. The van der Waals surface area contributed by atoms with Crippen molar-refractivity contribution in [3.8, 4) is 0 Å². The molecule has 4 aliphatic carbocycles. The number of hydrogen-bond donors (Lipinski definition) is 0. The van der Waals surface area contributed by atoms with E-state index in [1.165, 1.54) is 13.8 Å². The van der Waals surface area contributed by atoms with Gasteiger partial charge < -0.3 is 4.74 Å². The maximum atomic E-state index is 12.7. The predicted octanol–water partition coefficient (Wildman–Crippen LogP) is 3.36.